The highest BCUT2D eigenvalue weighted by atomic mass is 127. The molecule has 14 heteroatoms. The van der Waals surface area contributed by atoms with Gasteiger partial charge in [0.1, 0.15) is 0 Å². The van der Waals surface area contributed by atoms with Crippen LogP contribution in [0.1, 0.15) is 32.1 Å². The molecule has 0 aliphatic carbocycles. The van der Waals surface area contributed by atoms with Gasteiger partial charge in [0.15, 0.2) is 5.96 Å². The highest BCUT2D eigenvalue weighted by molar-refractivity contribution is 14.0. The van der Waals surface area contributed by atoms with Crippen molar-refractivity contribution < 1.29 is 34.8 Å². The first-order chi connectivity index (χ1) is 11.9. The molecule has 0 aromatic rings. The lowest BCUT2D eigenvalue weighted by atomic mass is 10.1. The van der Waals surface area contributed by atoms with Crippen molar-refractivity contribution in [3.8, 4) is 0 Å². The van der Waals surface area contributed by atoms with Crippen LogP contribution >= 0.6 is 24.0 Å². The van der Waals surface area contributed by atoms with Crippen molar-refractivity contribution in [3.63, 3.8) is 0 Å². The Balaban J connectivity index is 0.00000676. The van der Waals surface area contributed by atoms with Crippen molar-refractivity contribution in [2.75, 3.05) is 26.7 Å². The number of alkyl halides is 6. The summed E-state index contributed by atoms with van der Waals surface area (Å²) in [5.74, 6) is 0.314. The highest BCUT2D eigenvalue weighted by Gasteiger charge is 2.50. The van der Waals surface area contributed by atoms with Crippen LogP contribution in [0.4, 0.5) is 26.3 Å². The minimum absolute atomic E-state index is 0. The lowest BCUT2D eigenvalue weighted by molar-refractivity contribution is -0.135. The van der Waals surface area contributed by atoms with Crippen LogP contribution in [-0.4, -0.2) is 63.1 Å². The predicted octanol–water partition coefficient (Wildman–Crippen LogP) is 2.82. The zero-order valence-corrected chi connectivity index (χ0v) is 17.7. The number of hydrogen-bond acceptors (Lipinski definition) is 3. The summed E-state index contributed by atoms with van der Waals surface area (Å²) in [6.45, 7) is -0.290. The van der Waals surface area contributed by atoms with Crippen LogP contribution in [0.3, 0.4) is 0 Å². The van der Waals surface area contributed by atoms with Crippen LogP contribution in [-0.2, 0) is 10.0 Å². The fourth-order valence-electron chi connectivity index (χ4n) is 2.43. The van der Waals surface area contributed by atoms with Crippen LogP contribution in [0.15, 0.2) is 4.99 Å². The molecule has 1 rings (SSSR count). The summed E-state index contributed by atoms with van der Waals surface area (Å²) < 4.78 is 96.7. The Morgan fingerprint density at radius 3 is 2.11 bits per heavy atom. The molecular weight excluding hydrogens is 517 g/mol. The summed E-state index contributed by atoms with van der Waals surface area (Å²) in [7, 11) is -3.87. The summed E-state index contributed by atoms with van der Waals surface area (Å²) >= 11 is 0. The van der Waals surface area contributed by atoms with Crippen LogP contribution in [0, 0.1) is 0 Å². The fraction of sp³-hybridized carbons (Fsp3) is 0.923. The van der Waals surface area contributed by atoms with E-state index in [-0.39, 0.29) is 75.3 Å². The van der Waals surface area contributed by atoms with E-state index in [1.807, 2.05) is 0 Å². The Bertz CT molecular complexity index is 574. The molecule has 1 aliphatic rings. The highest BCUT2D eigenvalue weighted by Crippen LogP contribution is 2.29. The number of guanidine groups is 1. The van der Waals surface area contributed by atoms with Crippen LogP contribution < -0.4 is 10.6 Å². The van der Waals surface area contributed by atoms with Gasteiger partial charge in [-0.15, -0.1) is 24.0 Å². The lowest BCUT2D eigenvalue weighted by Gasteiger charge is -2.32. The molecule has 0 aromatic carbocycles. The van der Waals surface area contributed by atoms with Gasteiger partial charge in [-0.1, -0.05) is 0 Å². The van der Waals surface area contributed by atoms with Crippen molar-refractivity contribution in [2.45, 2.75) is 49.8 Å². The third kappa shape index (κ3) is 9.02. The number of sulfonamides is 1. The van der Waals surface area contributed by atoms with E-state index in [9.17, 15) is 34.8 Å². The average Bonchev–Trinajstić information content (AvgIpc) is 2.51. The topological polar surface area (TPSA) is 73.8 Å². The molecule has 6 nitrogen and oxygen atoms in total. The number of halogens is 7. The number of aliphatic imine (C=N–C) groups is 1. The second kappa shape index (κ2) is 10.9. The number of piperidine rings is 1. The number of rotatable bonds is 6. The van der Waals surface area contributed by atoms with Crippen molar-refractivity contribution in [1.82, 2.24) is 14.9 Å². The molecule has 0 radical (unpaired) electrons. The van der Waals surface area contributed by atoms with Crippen molar-refractivity contribution >= 4 is 40.0 Å². The molecule has 1 saturated heterocycles. The van der Waals surface area contributed by atoms with Crippen LogP contribution in [0.2, 0.25) is 0 Å². The molecule has 162 valence electrons. The molecule has 0 spiro atoms. The van der Waals surface area contributed by atoms with E-state index >= 15 is 0 Å². The van der Waals surface area contributed by atoms with Gasteiger partial charge in [-0.25, -0.2) is 8.42 Å². The number of nitrogens with zero attached hydrogens (tertiary/aromatic N) is 2. The van der Waals surface area contributed by atoms with Crippen molar-refractivity contribution in [1.29, 1.82) is 0 Å². The van der Waals surface area contributed by atoms with Crippen LogP contribution in [0.25, 0.3) is 0 Å². The Morgan fingerprint density at radius 2 is 1.67 bits per heavy atom. The van der Waals surface area contributed by atoms with E-state index in [0.717, 1.165) is 0 Å². The van der Waals surface area contributed by atoms with E-state index in [1.54, 1.807) is 0 Å². The molecule has 0 atom stereocenters. The minimum atomic E-state index is -5.32. The molecule has 0 unspecified atom stereocenters. The number of nitrogens with one attached hydrogen (secondary N) is 2. The van der Waals surface area contributed by atoms with Gasteiger partial charge in [-0.3, -0.25) is 4.99 Å². The average molecular weight is 540 g/mol. The lowest BCUT2D eigenvalue weighted by Crippen LogP contribution is -2.51. The Kier molecular flexibility index (Phi) is 10.7. The first kappa shape index (κ1) is 26.5. The molecule has 0 aromatic heterocycles. The largest absolute Gasteiger partial charge is 0.511 e. The molecule has 0 saturated carbocycles. The Hall–Kier alpha value is -0.510. The zero-order chi connectivity index (χ0) is 20.0. The Labute approximate surface area is 171 Å². The monoisotopic (exact) mass is 540 g/mol. The maximum absolute atomic E-state index is 12.5. The van der Waals surface area contributed by atoms with Gasteiger partial charge in [0.05, 0.1) is 0 Å². The van der Waals surface area contributed by atoms with Gasteiger partial charge in [-0.05, 0) is 25.7 Å². The number of hydrogen-bond donors (Lipinski definition) is 2. The van der Waals surface area contributed by atoms with Crippen molar-refractivity contribution in [3.05, 3.63) is 0 Å². The third-order valence-electron chi connectivity index (χ3n) is 3.83. The molecule has 1 heterocycles. The first-order valence-corrected chi connectivity index (χ1v) is 9.41. The van der Waals surface area contributed by atoms with E-state index in [0.29, 0.717) is 10.3 Å². The van der Waals surface area contributed by atoms with Gasteiger partial charge in [0, 0.05) is 39.1 Å². The predicted molar refractivity (Wildman–Crippen MR) is 99.4 cm³/mol. The third-order valence-corrected chi connectivity index (χ3v) is 5.46. The molecule has 0 bridgehead atoms. The SMILES string of the molecule is CN=C(NCCCCC(F)(F)F)NC1CCN(S(=O)(=O)C(F)(F)F)CC1.I. The van der Waals surface area contributed by atoms with E-state index in [1.165, 1.54) is 7.05 Å². The maximum Gasteiger partial charge on any atom is 0.511 e. The quantitative estimate of drug-likeness (QED) is 0.179. The summed E-state index contributed by atoms with van der Waals surface area (Å²) in [4.78, 5) is 3.90. The molecule has 27 heavy (non-hydrogen) atoms. The van der Waals surface area contributed by atoms with Crippen LogP contribution in [0.5, 0.6) is 0 Å². The molecular formula is C13H23F6IN4O2S. The smallest absolute Gasteiger partial charge is 0.356 e. The Morgan fingerprint density at radius 1 is 1.11 bits per heavy atom. The van der Waals surface area contributed by atoms with Crippen molar-refractivity contribution in [2.24, 2.45) is 4.99 Å². The molecule has 0 amide bonds. The molecule has 1 aliphatic heterocycles. The number of unbranched alkanes of at least 4 members (excludes halogenated alkanes) is 1. The van der Waals surface area contributed by atoms with Gasteiger partial charge in [0.2, 0.25) is 0 Å². The van der Waals surface area contributed by atoms with Gasteiger partial charge in [-0.2, -0.15) is 30.6 Å². The van der Waals surface area contributed by atoms with E-state index in [2.05, 4.69) is 15.6 Å². The molecule has 1 fully saturated rings. The second-order valence-corrected chi connectivity index (χ2v) is 7.77. The van der Waals surface area contributed by atoms with Gasteiger partial charge >= 0.3 is 21.7 Å². The minimum Gasteiger partial charge on any atom is -0.356 e. The maximum atomic E-state index is 12.5. The summed E-state index contributed by atoms with van der Waals surface area (Å²) in [5.41, 5.74) is -5.32. The normalized spacial score (nSPS) is 18.1. The summed E-state index contributed by atoms with van der Waals surface area (Å²) in [5, 5.41) is 5.77. The van der Waals surface area contributed by atoms with Gasteiger partial charge in [0.25, 0.3) is 0 Å². The second-order valence-electron chi connectivity index (χ2n) is 5.84. The first-order valence-electron chi connectivity index (χ1n) is 7.97. The fourth-order valence-corrected chi connectivity index (χ4v) is 3.42. The van der Waals surface area contributed by atoms with Gasteiger partial charge < -0.3 is 10.6 Å². The van der Waals surface area contributed by atoms with E-state index in [4.69, 9.17) is 0 Å². The summed E-state index contributed by atoms with van der Waals surface area (Å²) in [6, 6.07) is -0.281. The zero-order valence-electron chi connectivity index (χ0n) is 14.5. The molecule has 2 N–H and O–H groups in total. The van der Waals surface area contributed by atoms with E-state index < -0.39 is 28.1 Å². The summed E-state index contributed by atoms with van der Waals surface area (Å²) in [6.07, 6.45) is -4.49. The standard InChI is InChI=1S/C13H22F6N4O2S.HI/c1-20-11(21-7-3-2-6-12(14,15)16)22-10-4-8-23(9-5-10)26(24,25)13(17,18)19;/h10H,2-9H2,1H3,(H2,20,21,22);1H.